The van der Waals surface area contributed by atoms with Crippen LogP contribution in [-0.2, 0) is 13.1 Å². The third kappa shape index (κ3) is 6.48. The van der Waals surface area contributed by atoms with E-state index >= 15 is 0 Å². The number of nitrogens with zero attached hydrogens (tertiary/aromatic N) is 2. The lowest BCUT2D eigenvalue weighted by Crippen LogP contribution is -2.30. The predicted octanol–water partition coefficient (Wildman–Crippen LogP) is 6.31. The van der Waals surface area contributed by atoms with Gasteiger partial charge in [0.2, 0.25) is 0 Å². The van der Waals surface area contributed by atoms with E-state index in [1.165, 1.54) is 17.5 Å². The van der Waals surface area contributed by atoms with Crippen LogP contribution in [0.3, 0.4) is 0 Å². The molecule has 1 fully saturated rings. The zero-order valence-corrected chi connectivity index (χ0v) is 20.6. The molecular formula is C32H33N3O. The molecule has 1 saturated heterocycles. The van der Waals surface area contributed by atoms with Crippen LogP contribution in [-0.4, -0.2) is 41.9 Å². The monoisotopic (exact) mass is 475 g/mol. The molecule has 4 aromatic rings. The Labute approximate surface area is 214 Å². The molecule has 4 aromatic carbocycles. The third-order valence-corrected chi connectivity index (χ3v) is 6.78. The molecule has 0 bridgehead atoms. The third-order valence-electron chi connectivity index (χ3n) is 6.78. The van der Waals surface area contributed by atoms with Gasteiger partial charge in [-0.15, -0.1) is 0 Å². The van der Waals surface area contributed by atoms with Crippen molar-refractivity contribution in [2.24, 2.45) is 0 Å². The number of hydrogen-bond acceptors (Lipinski definition) is 3. The lowest BCUT2D eigenvalue weighted by molar-refractivity contribution is 0.102. The highest BCUT2D eigenvalue weighted by Crippen LogP contribution is 2.20. The number of rotatable bonds is 7. The van der Waals surface area contributed by atoms with Crippen molar-refractivity contribution in [3.8, 4) is 11.1 Å². The second-order valence-corrected chi connectivity index (χ2v) is 9.49. The second kappa shape index (κ2) is 11.8. The number of nitrogens with one attached hydrogen (secondary N) is 1. The van der Waals surface area contributed by atoms with E-state index in [9.17, 15) is 4.79 Å². The summed E-state index contributed by atoms with van der Waals surface area (Å²) in [6, 6.07) is 36.9. The van der Waals surface area contributed by atoms with Crippen LogP contribution in [0.1, 0.15) is 27.9 Å². The number of anilines is 1. The average Bonchev–Trinajstić information content (AvgIpc) is 3.15. The standard InChI is InChI=1S/C32H33N3O/c36-32(30-17-15-29(16-18-30)28-12-5-2-6-13-28)33-31-14-7-11-27(23-31)25-35-20-8-19-34(21-22-35)24-26-9-3-1-4-10-26/h1-7,9-18,23H,8,19-22,24-25H2,(H,33,36). The molecule has 0 spiro atoms. The van der Waals surface area contributed by atoms with Gasteiger partial charge in [0.25, 0.3) is 5.91 Å². The first-order valence-corrected chi connectivity index (χ1v) is 12.8. The van der Waals surface area contributed by atoms with Gasteiger partial charge in [0.1, 0.15) is 0 Å². The minimum absolute atomic E-state index is 0.0851. The van der Waals surface area contributed by atoms with Gasteiger partial charge < -0.3 is 5.32 Å². The molecule has 0 aliphatic carbocycles. The molecule has 0 unspecified atom stereocenters. The van der Waals surface area contributed by atoms with Crippen LogP contribution in [0, 0.1) is 0 Å². The van der Waals surface area contributed by atoms with E-state index in [0.717, 1.165) is 56.1 Å². The molecule has 0 saturated carbocycles. The number of carbonyl (C=O) groups excluding carboxylic acids is 1. The summed E-state index contributed by atoms with van der Waals surface area (Å²) in [5.74, 6) is -0.0851. The Morgan fingerprint density at radius 1 is 0.611 bits per heavy atom. The molecular weight excluding hydrogens is 442 g/mol. The Balaban J connectivity index is 1.16. The highest BCUT2D eigenvalue weighted by molar-refractivity contribution is 6.04. The van der Waals surface area contributed by atoms with Gasteiger partial charge in [-0.05, 0) is 66.0 Å². The Kier molecular flexibility index (Phi) is 7.86. The fourth-order valence-electron chi connectivity index (χ4n) is 4.84. The van der Waals surface area contributed by atoms with E-state index in [1.807, 2.05) is 54.6 Å². The van der Waals surface area contributed by atoms with Gasteiger partial charge in [0.05, 0.1) is 0 Å². The molecule has 0 aromatic heterocycles. The van der Waals surface area contributed by atoms with Crippen LogP contribution >= 0.6 is 0 Å². The van der Waals surface area contributed by atoms with Crippen molar-refractivity contribution in [1.82, 2.24) is 9.80 Å². The highest BCUT2D eigenvalue weighted by Gasteiger charge is 2.16. The molecule has 1 aliphatic heterocycles. The molecule has 1 heterocycles. The zero-order valence-electron chi connectivity index (χ0n) is 20.6. The molecule has 1 N–H and O–H groups in total. The second-order valence-electron chi connectivity index (χ2n) is 9.49. The molecule has 1 aliphatic rings. The fraction of sp³-hybridized carbons (Fsp3) is 0.219. The fourth-order valence-corrected chi connectivity index (χ4v) is 4.84. The maximum absolute atomic E-state index is 12.9. The van der Waals surface area contributed by atoms with Gasteiger partial charge in [0.15, 0.2) is 0 Å². The van der Waals surface area contributed by atoms with Crippen molar-refractivity contribution in [3.63, 3.8) is 0 Å². The van der Waals surface area contributed by atoms with Crippen molar-refractivity contribution in [3.05, 3.63) is 126 Å². The first-order chi connectivity index (χ1) is 17.7. The molecule has 182 valence electrons. The summed E-state index contributed by atoms with van der Waals surface area (Å²) in [5.41, 5.74) is 6.35. The molecule has 0 atom stereocenters. The smallest absolute Gasteiger partial charge is 0.255 e. The Morgan fingerprint density at radius 3 is 1.89 bits per heavy atom. The Bertz CT molecular complexity index is 1260. The van der Waals surface area contributed by atoms with Crippen molar-refractivity contribution in [1.29, 1.82) is 0 Å². The van der Waals surface area contributed by atoms with Gasteiger partial charge in [-0.1, -0.05) is 84.9 Å². The van der Waals surface area contributed by atoms with Crippen LogP contribution in [0.4, 0.5) is 5.69 Å². The van der Waals surface area contributed by atoms with E-state index in [0.29, 0.717) is 5.56 Å². The molecule has 36 heavy (non-hydrogen) atoms. The minimum atomic E-state index is -0.0851. The predicted molar refractivity (Wildman–Crippen MR) is 148 cm³/mol. The quantitative estimate of drug-likeness (QED) is 0.340. The maximum atomic E-state index is 12.9. The molecule has 0 radical (unpaired) electrons. The number of hydrogen-bond donors (Lipinski definition) is 1. The molecule has 1 amide bonds. The molecule has 5 rings (SSSR count). The molecule has 4 heteroatoms. The van der Waals surface area contributed by atoms with E-state index in [-0.39, 0.29) is 5.91 Å². The largest absolute Gasteiger partial charge is 0.322 e. The summed E-state index contributed by atoms with van der Waals surface area (Å²) in [7, 11) is 0. The first kappa shape index (κ1) is 24.0. The van der Waals surface area contributed by atoms with Gasteiger partial charge in [0, 0.05) is 37.4 Å². The van der Waals surface area contributed by atoms with E-state index in [1.54, 1.807) is 0 Å². The van der Waals surface area contributed by atoms with Gasteiger partial charge >= 0.3 is 0 Å². The summed E-state index contributed by atoms with van der Waals surface area (Å²) in [6.07, 6.45) is 1.17. The first-order valence-electron chi connectivity index (χ1n) is 12.8. The SMILES string of the molecule is O=C(Nc1cccc(CN2CCCN(Cc3ccccc3)CC2)c1)c1ccc(-c2ccccc2)cc1. The summed E-state index contributed by atoms with van der Waals surface area (Å²) in [5, 5.41) is 3.08. The van der Waals surface area contributed by atoms with Gasteiger partial charge in [-0.3, -0.25) is 14.6 Å². The van der Waals surface area contributed by atoms with Crippen LogP contribution in [0.15, 0.2) is 109 Å². The average molecular weight is 476 g/mol. The number of amides is 1. The lowest BCUT2D eigenvalue weighted by atomic mass is 10.0. The normalized spacial score (nSPS) is 14.8. The van der Waals surface area contributed by atoms with Crippen LogP contribution in [0.5, 0.6) is 0 Å². The molecule has 4 nitrogen and oxygen atoms in total. The topological polar surface area (TPSA) is 35.6 Å². The summed E-state index contributed by atoms with van der Waals surface area (Å²) >= 11 is 0. The summed E-state index contributed by atoms with van der Waals surface area (Å²) < 4.78 is 0. The summed E-state index contributed by atoms with van der Waals surface area (Å²) in [4.78, 5) is 17.9. The van der Waals surface area contributed by atoms with Crippen LogP contribution < -0.4 is 5.32 Å². The van der Waals surface area contributed by atoms with Crippen LogP contribution in [0.25, 0.3) is 11.1 Å². The summed E-state index contributed by atoms with van der Waals surface area (Å²) in [6.45, 7) is 6.26. The number of benzene rings is 4. The Morgan fingerprint density at radius 2 is 1.19 bits per heavy atom. The van der Waals surface area contributed by atoms with E-state index in [4.69, 9.17) is 0 Å². The van der Waals surface area contributed by atoms with Crippen LogP contribution in [0.2, 0.25) is 0 Å². The van der Waals surface area contributed by atoms with E-state index in [2.05, 4.69) is 69.7 Å². The lowest BCUT2D eigenvalue weighted by Gasteiger charge is -2.22. The maximum Gasteiger partial charge on any atom is 0.255 e. The van der Waals surface area contributed by atoms with Gasteiger partial charge in [-0.25, -0.2) is 0 Å². The van der Waals surface area contributed by atoms with Crippen molar-refractivity contribution in [2.75, 3.05) is 31.5 Å². The zero-order chi connectivity index (χ0) is 24.6. The highest BCUT2D eigenvalue weighted by atomic mass is 16.1. The van der Waals surface area contributed by atoms with Crippen molar-refractivity contribution < 1.29 is 4.79 Å². The number of carbonyl (C=O) groups is 1. The minimum Gasteiger partial charge on any atom is -0.322 e. The van der Waals surface area contributed by atoms with E-state index < -0.39 is 0 Å². The Hall–Kier alpha value is -3.73. The van der Waals surface area contributed by atoms with Crippen molar-refractivity contribution >= 4 is 11.6 Å². The van der Waals surface area contributed by atoms with Gasteiger partial charge in [-0.2, -0.15) is 0 Å². The van der Waals surface area contributed by atoms with Crippen molar-refractivity contribution in [2.45, 2.75) is 19.5 Å².